The zero-order valence-electron chi connectivity index (χ0n) is 9.07. The van der Waals surface area contributed by atoms with E-state index in [0.717, 1.165) is 25.8 Å². The molecule has 1 atom stereocenters. The maximum Gasteiger partial charge on any atom is 0.241 e. The lowest BCUT2D eigenvalue weighted by atomic mass is 10.0. The van der Waals surface area contributed by atoms with Crippen molar-refractivity contribution in [2.45, 2.75) is 25.3 Å². The number of benzene rings is 1. The molecule has 3 N–H and O–H groups in total. The fourth-order valence-corrected chi connectivity index (χ4v) is 1.87. The number of hydrogen-bond acceptors (Lipinski definition) is 3. The van der Waals surface area contributed by atoms with Gasteiger partial charge in [-0.15, -0.1) is 0 Å². The van der Waals surface area contributed by atoms with Crippen LogP contribution in [-0.4, -0.2) is 23.6 Å². The van der Waals surface area contributed by atoms with Crippen LogP contribution in [0.4, 0.5) is 5.69 Å². The molecular formula is C12H16N2O2. The largest absolute Gasteiger partial charge is 0.506 e. The Morgan fingerprint density at radius 3 is 2.88 bits per heavy atom. The van der Waals surface area contributed by atoms with Crippen molar-refractivity contribution in [2.24, 2.45) is 0 Å². The Bertz CT molecular complexity index is 373. The van der Waals surface area contributed by atoms with Gasteiger partial charge in [0.1, 0.15) is 5.75 Å². The predicted molar refractivity (Wildman–Crippen MR) is 62.4 cm³/mol. The van der Waals surface area contributed by atoms with Crippen molar-refractivity contribution in [3.8, 4) is 5.75 Å². The van der Waals surface area contributed by atoms with E-state index in [1.54, 1.807) is 24.3 Å². The zero-order valence-corrected chi connectivity index (χ0v) is 9.07. The highest BCUT2D eigenvalue weighted by atomic mass is 16.3. The number of carbonyl (C=O) groups excluding carboxylic acids is 1. The van der Waals surface area contributed by atoms with E-state index in [9.17, 15) is 9.90 Å². The summed E-state index contributed by atoms with van der Waals surface area (Å²) in [5.74, 6) is 0.0351. The molecule has 1 heterocycles. The molecule has 1 amide bonds. The van der Waals surface area contributed by atoms with E-state index in [-0.39, 0.29) is 17.7 Å². The molecule has 0 aliphatic carbocycles. The molecule has 1 aromatic rings. The van der Waals surface area contributed by atoms with Crippen LogP contribution in [0.25, 0.3) is 0 Å². The molecular weight excluding hydrogens is 204 g/mol. The second-order valence-electron chi connectivity index (χ2n) is 4.01. The summed E-state index contributed by atoms with van der Waals surface area (Å²) in [6.45, 7) is 0.888. The first-order valence-electron chi connectivity index (χ1n) is 5.59. The number of phenols is 1. The first-order chi connectivity index (χ1) is 7.77. The van der Waals surface area contributed by atoms with Gasteiger partial charge in [-0.25, -0.2) is 0 Å². The van der Waals surface area contributed by atoms with E-state index < -0.39 is 0 Å². The summed E-state index contributed by atoms with van der Waals surface area (Å²) in [5, 5.41) is 15.4. The summed E-state index contributed by atoms with van der Waals surface area (Å²) in [6.07, 6.45) is 3.06. The van der Waals surface area contributed by atoms with Crippen LogP contribution in [0.1, 0.15) is 19.3 Å². The van der Waals surface area contributed by atoms with Crippen molar-refractivity contribution < 1.29 is 9.90 Å². The van der Waals surface area contributed by atoms with E-state index >= 15 is 0 Å². The Hall–Kier alpha value is -1.55. The third-order valence-electron chi connectivity index (χ3n) is 2.79. The number of nitrogens with one attached hydrogen (secondary N) is 2. The van der Waals surface area contributed by atoms with E-state index in [2.05, 4.69) is 10.6 Å². The van der Waals surface area contributed by atoms with E-state index in [0.29, 0.717) is 5.69 Å². The lowest BCUT2D eigenvalue weighted by Gasteiger charge is -2.22. The average Bonchev–Trinajstić information content (AvgIpc) is 2.33. The number of rotatable bonds is 2. The third kappa shape index (κ3) is 2.52. The number of aromatic hydroxyl groups is 1. The van der Waals surface area contributed by atoms with E-state index in [1.807, 2.05) is 0 Å². The normalized spacial score (nSPS) is 20.4. The van der Waals surface area contributed by atoms with Gasteiger partial charge in [-0.2, -0.15) is 0 Å². The van der Waals surface area contributed by atoms with Gasteiger partial charge < -0.3 is 15.7 Å². The number of carbonyl (C=O) groups is 1. The SMILES string of the molecule is O=C(Nc1ccccc1O)[C@@H]1CCCCN1. The second-order valence-corrected chi connectivity index (χ2v) is 4.01. The van der Waals surface area contributed by atoms with Crippen LogP contribution in [0.2, 0.25) is 0 Å². The van der Waals surface area contributed by atoms with Gasteiger partial charge in [-0.1, -0.05) is 18.6 Å². The van der Waals surface area contributed by atoms with Crippen molar-refractivity contribution in [2.75, 3.05) is 11.9 Å². The van der Waals surface area contributed by atoms with Crippen LogP contribution in [0.15, 0.2) is 24.3 Å². The lowest BCUT2D eigenvalue weighted by Crippen LogP contribution is -2.43. The Morgan fingerprint density at radius 2 is 2.19 bits per heavy atom. The van der Waals surface area contributed by atoms with Crippen LogP contribution in [0.3, 0.4) is 0 Å². The minimum absolute atomic E-state index is 0.0683. The Kier molecular flexibility index (Phi) is 3.41. The summed E-state index contributed by atoms with van der Waals surface area (Å²) in [6, 6.07) is 6.63. The number of phenolic OH excluding ortho intramolecular Hbond substituents is 1. The molecule has 2 rings (SSSR count). The maximum absolute atomic E-state index is 11.8. The smallest absolute Gasteiger partial charge is 0.241 e. The number of para-hydroxylation sites is 2. The molecule has 0 radical (unpaired) electrons. The van der Waals surface area contributed by atoms with Crippen molar-refractivity contribution >= 4 is 11.6 Å². The number of anilines is 1. The van der Waals surface area contributed by atoms with Gasteiger partial charge in [-0.05, 0) is 31.5 Å². The Morgan fingerprint density at radius 1 is 1.38 bits per heavy atom. The minimum atomic E-state index is -0.131. The molecule has 86 valence electrons. The third-order valence-corrected chi connectivity index (χ3v) is 2.79. The summed E-state index contributed by atoms with van der Waals surface area (Å²) in [5.41, 5.74) is 0.472. The van der Waals surface area contributed by atoms with Crippen molar-refractivity contribution in [3.05, 3.63) is 24.3 Å². The van der Waals surface area contributed by atoms with Gasteiger partial charge in [-0.3, -0.25) is 4.79 Å². The van der Waals surface area contributed by atoms with Crippen LogP contribution in [0.5, 0.6) is 5.75 Å². The monoisotopic (exact) mass is 220 g/mol. The first-order valence-corrected chi connectivity index (χ1v) is 5.59. The predicted octanol–water partition coefficient (Wildman–Crippen LogP) is 1.47. The molecule has 4 nitrogen and oxygen atoms in total. The molecule has 1 saturated heterocycles. The fraction of sp³-hybridized carbons (Fsp3) is 0.417. The Labute approximate surface area is 94.7 Å². The van der Waals surface area contributed by atoms with Crippen molar-refractivity contribution in [3.63, 3.8) is 0 Å². The quantitative estimate of drug-likeness (QED) is 0.661. The summed E-state index contributed by atoms with van der Waals surface area (Å²) < 4.78 is 0. The molecule has 0 saturated carbocycles. The summed E-state index contributed by atoms with van der Waals surface area (Å²) >= 11 is 0. The molecule has 1 aromatic carbocycles. The highest BCUT2D eigenvalue weighted by Gasteiger charge is 2.20. The molecule has 1 aliphatic rings. The van der Waals surface area contributed by atoms with Gasteiger partial charge in [0.25, 0.3) is 0 Å². The maximum atomic E-state index is 11.8. The van der Waals surface area contributed by atoms with Crippen LogP contribution >= 0.6 is 0 Å². The van der Waals surface area contributed by atoms with Gasteiger partial charge in [0, 0.05) is 0 Å². The molecule has 0 unspecified atom stereocenters. The molecule has 16 heavy (non-hydrogen) atoms. The van der Waals surface area contributed by atoms with Gasteiger partial charge in [0.15, 0.2) is 0 Å². The standard InChI is InChI=1S/C12H16N2O2/c15-11-7-2-1-5-9(11)14-12(16)10-6-3-4-8-13-10/h1-2,5,7,10,13,15H,3-4,6,8H2,(H,14,16)/t10-/m0/s1. The molecule has 1 aliphatic heterocycles. The molecule has 0 bridgehead atoms. The topological polar surface area (TPSA) is 61.4 Å². The highest BCUT2D eigenvalue weighted by Crippen LogP contribution is 2.22. The molecule has 4 heteroatoms. The van der Waals surface area contributed by atoms with E-state index in [1.165, 1.54) is 0 Å². The van der Waals surface area contributed by atoms with Gasteiger partial charge >= 0.3 is 0 Å². The summed E-state index contributed by atoms with van der Waals surface area (Å²) in [4.78, 5) is 11.8. The van der Waals surface area contributed by atoms with Crippen molar-refractivity contribution in [1.29, 1.82) is 0 Å². The second kappa shape index (κ2) is 4.99. The molecule has 0 aromatic heterocycles. The van der Waals surface area contributed by atoms with Crippen LogP contribution < -0.4 is 10.6 Å². The van der Waals surface area contributed by atoms with Crippen molar-refractivity contribution in [1.82, 2.24) is 5.32 Å². The zero-order chi connectivity index (χ0) is 11.4. The lowest BCUT2D eigenvalue weighted by molar-refractivity contribution is -0.118. The summed E-state index contributed by atoms with van der Waals surface area (Å²) in [7, 11) is 0. The Balaban J connectivity index is 1.99. The number of piperidine rings is 1. The van der Waals surface area contributed by atoms with Gasteiger partial charge in [0.05, 0.1) is 11.7 Å². The van der Waals surface area contributed by atoms with Gasteiger partial charge in [0.2, 0.25) is 5.91 Å². The average molecular weight is 220 g/mol. The number of amides is 1. The molecule has 1 fully saturated rings. The number of hydrogen-bond donors (Lipinski definition) is 3. The highest BCUT2D eigenvalue weighted by molar-refractivity contribution is 5.96. The minimum Gasteiger partial charge on any atom is -0.506 e. The first kappa shape index (κ1) is 11.0. The van der Waals surface area contributed by atoms with Crippen LogP contribution in [0, 0.1) is 0 Å². The van der Waals surface area contributed by atoms with Crippen LogP contribution in [-0.2, 0) is 4.79 Å². The fourth-order valence-electron chi connectivity index (χ4n) is 1.87. The molecule has 0 spiro atoms. The van der Waals surface area contributed by atoms with E-state index in [4.69, 9.17) is 0 Å².